The molecular formula is C15H12Cl2N4O. The topological polar surface area (TPSA) is 59.8 Å². The Morgan fingerprint density at radius 2 is 1.95 bits per heavy atom. The van der Waals surface area contributed by atoms with Crippen molar-refractivity contribution in [1.82, 2.24) is 19.9 Å². The van der Waals surface area contributed by atoms with Crippen molar-refractivity contribution in [3.8, 4) is 0 Å². The highest BCUT2D eigenvalue weighted by atomic mass is 35.5. The summed E-state index contributed by atoms with van der Waals surface area (Å²) in [6.07, 6.45) is 0. The van der Waals surface area contributed by atoms with E-state index in [9.17, 15) is 4.79 Å². The molecule has 1 amide bonds. The van der Waals surface area contributed by atoms with Gasteiger partial charge < -0.3 is 9.88 Å². The Bertz CT molecular complexity index is 860. The molecule has 0 bridgehead atoms. The molecule has 0 saturated carbocycles. The summed E-state index contributed by atoms with van der Waals surface area (Å²) in [7, 11) is 1.90. The van der Waals surface area contributed by atoms with E-state index in [1.54, 1.807) is 6.07 Å². The van der Waals surface area contributed by atoms with E-state index in [2.05, 4.69) is 15.3 Å². The van der Waals surface area contributed by atoms with Gasteiger partial charge in [-0.15, -0.1) is 0 Å². The van der Waals surface area contributed by atoms with E-state index in [-0.39, 0.29) is 28.3 Å². The minimum Gasteiger partial charge on any atom is -0.343 e. The van der Waals surface area contributed by atoms with Crippen molar-refractivity contribution < 1.29 is 4.79 Å². The highest BCUT2D eigenvalue weighted by Gasteiger charge is 2.14. The molecule has 2 heterocycles. The van der Waals surface area contributed by atoms with Gasteiger partial charge in [0, 0.05) is 7.05 Å². The van der Waals surface area contributed by atoms with Gasteiger partial charge in [-0.3, -0.25) is 4.79 Å². The summed E-state index contributed by atoms with van der Waals surface area (Å²) in [5, 5.41) is 3.23. The van der Waals surface area contributed by atoms with E-state index < -0.39 is 0 Å². The fourth-order valence-corrected chi connectivity index (χ4v) is 2.51. The zero-order valence-corrected chi connectivity index (χ0v) is 13.2. The highest BCUT2D eigenvalue weighted by molar-refractivity contribution is 6.34. The summed E-state index contributed by atoms with van der Waals surface area (Å²) in [6.45, 7) is 0.272. The molecule has 0 fully saturated rings. The molecule has 0 unspecified atom stereocenters. The summed E-state index contributed by atoms with van der Waals surface area (Å²) < 4.78 is 1.93. The number of rotatable bonds is 3. The molecule has 0 saturated heterocycles. The predicted molar refractivity (Wildman–Crippen MR) is 86.1 cm³/mol. The second-order valence-corrected chi connectivity index (χ2v) is 5.52. The third-order valence-corrected chi connectivity index (χ3v) is 3.83. The average molecular weight is 335 g/mol. The minimum absolute atomic E-state index is 0.105. The van der Waals surface area contributed by atoms with Crippen LogP contribution in [0.2, 0.25) is 10.2 Å². The molecule has 7 heteroatoms. The number of nitrogens with one attached hydrogen (secondary N) is 1. The van der Waals surface area contributed by atoms with Gasteiger partial charge >= 0.3 is 0 Å². The number of benzene rings is 1. The molecular weight excluding hydrogens is 323 g/mol. The number of imidazole rings is 1. The van der Waals surface area contributed by atoms with E-state index >= 15 is 0 Å². The van der Waals surface area contributed by atoms with E-state index in [0.717, 1.165) is 16.9 Å². The number of amides is 1. The van der Waals surface area contributed by atoms with Gasteiger partial charge in [-0.05, 0) is 24.3 Å². The molecule has 0 spiro atoms. The zero-order valence-electron chi connectivity index (χ0n) is 11.7. The Morgan fingerprint density at radius 1 is 1.18 bits per heavy atom. The number of pyridine rings is 1. The molecule has 22 heavy (non-hydrogen) atoms. The lowest BCUT2D eigenvalue weighted by Crippen LogP contribution is -2.25. The lowest BCUT2D eigenvalue weighted by atomic mass is 10.3. The van der Waals surface area contributed by atoms with Crippen LogP contribution in [-0.2, 0) is 13.6 Å². The number of hydrogen-bond acceptors (Lipinski definition) is 3. The Labute approximate surface area is 136 Å². The van der Waals surface area contributed by atoms with Crippen LogP contribution >= 0.6 is 23.2 Å². The van der Waals surface area contributed by atoms with Gasteiger partial charge in [0.2, 0.25) is 0 Å². The average Bonchev–Trinajstić information content (AvgIpc) is 2.84. The van der Waals surface area contributed by atoms with Gasteiger partial charge in [0.15, 0.2) is 0 Å². The summed E-state index contributed by atoms with van der Waals surface area (Å²) in [5.41, 5.74) is 1.99. The van der Waals surface area contributed by atoms with E-state index in [0.29, 0.717) is 0 Å². The van der Waals surface area contributed by atoms with E-state index in [1.807, 2.05) is 35.9 Å². The molecule has 2 aromatic heterocycles. The van der Waals surface area contributed by atoms with Crippen LogP contribution in [0.4, 0.5) is 0 Å². The first-order chi connectivity index (χ1) is 10.6. The molecule has 0 aliphatic heterocycles. The van der Waals surface area contributed by atoms with Crippen molar-refractivity contribution in [2.75, 3.05) is 0 Å². The van der Waals surface area contributed by atoms with Crippen LogP contribution in [0.5, 0.6) is 0 Å². The molecule has 1 N–H and O–H groups in total. The molecule has 112 valence electrons. The Kier molecular flexibility index (Phi) is 4.00. The van der Waals surface area contributed by atoms with Crippen molar-refractivity contribution >= 4 is 40.1 Å². The van der Waals surface area contributed by atoms with Gasteiger partial charge in [-0.1, -0.05) is 35.3 Å². The largest absolute Gasteiger partial charge is 0.343 e. The van der Waals surface area contributed by atoms with Crippen LogP contribution in [0.25, 0.3) is 11.0 Å². The van der Waals surface area contributed by atoms with Crippen molar-refractivity contribution in [1.29, 1.82) is 0 Å². The first-order valence-electron chi connectivity index (χ1n) is 6.57. The van der Waals surface area contributed by atoms with Crippen molar-refractivity contribution in [3.05, 3.63) is 58.1 Å². The third kappa shape index (κ3) is 2.77. The number of carbonyl (C=O) groups excluding carboxylic acids is 1. The predicted octanol–water partition coefficient (Wildman–Crippen LogP) is 3.21. The number of carbonyl (C=O) groups is 1. The van der Waals surface area contributed by atoms with Gasteiger partial charge in [0.05, 0.1) is 22.6 Å². The lowest BCUT2D eigenvalue weighted by Gasteiger charge is -2.06. The maximum atomic E-state index is 12.2. The Balaban J connectivity index is 1.80. The van der Waals surface area contributed by atoms with E-state index in [4.69, 9.17) is 23.2 Å². The molecule has 0 aliphatic carbocycles. The van der Waals surface area contributed by atoms with Crippen LogP contribution in [0, 0.1) is 0 Å². The normalized spacial score (nSPS) is 10.9. The number of halogens is 2. The fourth-order valence-electron chi connectivity index (χ4n) is 2.17. The summed E-state index contributed by atoms with van der Waals surface area (Å²) in [4.78, 5) is 20.6. The quantitative estimate of drug-likeness (QED) is 0.748. The van der Waals surface area contributed by atoms with Crippen molar-refractivity contribution in [2.24, 2.45) is 7.05 Å². The maximum absolute atomic E-state index is 12.2. The smallest absolute Gasteiger partial charge is 0.271 e. The maximum Gasteiger partial charge on any atom is 0.271 e. The SMILES string of the molecule is Cn1c(CNC(=O)c2nc(Cl)ccc2Cl)nc2ccccc21. The van der Waals surface area contributed by atoms with Crippen molar-refractivity contribution in [3.63, 3.8) is 0 Å². The standard InChI is InChI=1S/C15H12Cl2N4O/c1-21-11-5-3-2-4-10(11)19-13(21)8-18-15(22)14-9(16)6-7-12(17)20-14/h2-7H,8H2,1H3,(H,18,22). The number of aryl methyl sites for hydroxylation is 1. The Morgan fingerprint density at radius 3 is 2.73 bits per heavy atom. The zero-order chi connectivity index (χ0) is 15.7. The first kappa shape index (κ1) is 14.8. The van der Waals surface area contributed by atoms with Crippen LogP contribution in [-0.4, -0.2) is 20.4 Å². The number of hydrogen-bond donors (Lipinski definition) is 1. The second kappa shape index (κ2) is 5.94. The second-order valence-electron chi connectivity index (χ2n) is 4.72. The fraction of sp³-hybridized carbons (Fsp3) is 0.133. The summed E-state index contributed by atoms with van der Waals surface area (Å²) >= 11 is 11.8. The molecule has 3 rings (SSSR count). The van der Waals surface area contributed by atoms with Gasteiger partial charge in [-0.25, -0.2) is 9.97 Å². The summed E-state index contributed by atoms with van der Waals surface area (Å²) in [6, 6.07) is 10.8. The third-order valence-electron chi connectivity index (χ3n) is 3.31. The molecule has 3 aromatic rings. The van der Waals surface area contributed by atoms with Gasteiger partial charge in [0.1, 0.15) is 16.7 Å². The number of para-hydroxylation sites is 2. The van der Waals surface area contributed by atoms with Crippen molar-refractivity contribution in [2.45, 2.75) is 6.54 Å². The number of nitrogens with zero attached hydrogens (tertiary/aromatic N) is 3. The van der Waals surface area contributed by atoms with Crippen LogP contribution in [0.15, 0.2) is 36.4 Å². The lowest BCUT2D eigenvalue weighted by molar-refractivity contribution is 0.0945. The molecule has 0 atom stereocenters. The van der Waals surface area contributed by atoms with Crippen LogP contribution in [0.1, 0.15) is 16.3 Å². The minimum atomic E-state index is -0.389. The van der Waals surface area contributed by atoms with E-state index in [1.165, 1.54) is 6.07 Å². The number of aromatic nitrogens is 3. The molecule has 0 radical (unpaired) electrons. The highest BCUT2D eigenvalue weighted by Crippen LogP contribution is 2.17. The molecule has 1 aromatic carbocycles. The monoisotopic (exact) mass is 334 g/mol. The molecule has 5 nitrogen and oxygen atoms in total. The van der Waals surface area contributed by atoms with Gasteiger partial charge in [-0.2, -0.15) is 0 Å². The first-order valence-corrected chi connectivity index (χ1v) is 7.32. The Hall–Kier alpha value is -2.11. The molecule has 0 aliphatic rings. The number of fused-ring (bicyclic) bond motifs is 1. The summed E-state index contributed by atoms with van der Waals surface area (Å²) in [5.74, 6) is 0.354. The van der Waals surface area contributed by atoms with Crippen LogP contribution < -0.4 is 5.32 Å². The van der Waals surface area contributed by atoms with Crippen LogP contribution in [0.3, 0.4) is 0 Å². The van der Waals surface area contributed by atoms with Gasteiger partial charge in [0.25, 0.3) is 5.91 Å².